The molecule has 0 aliphatic rings. The van der Waals surface area contributed by atoms with Crippen LogP contribution in [0.25, 0.3) is 0 Å². The molecule has 0 bridgehead atoms. The number of aliphatic carboxylic acids is 1. The van der Waals surface area contributed by atoms with E-state index in [4.69, 9.17) is 26.2 Å². The Morgan fingerprint density at radius 2 is 1.79 bits per heavy atom. The molecule has 0 unspecified atom stereocenters. The van der Waals surface area contributed by atoms with Gasteiger partial charge < -0.3 is 14.6 Å². The van der Waals surface area contributed by atoms with Crippen LogP contribution in [0.5, 0.6) is 11.5 Å². The first-order chi connectivity index (χ1) is 8.81. The molecule has 0 saturated heterocycles. The van der Waals surface area contributed by atoms with E-state index in [0.29, 0.717) is 29.4 Å². The van der Waals surface area contributed by atoms with Crippen LogP contribution in [0.2, 0.25) is 5.02 Å². The predicted molar refractivity (Wildman–Crippen MR) is 74.3 cm³/mol. The van der Waals surface area contributed by atoms with Gasteiger partial charge in [-0.1, -0.05) is 11.6 Å². The molecule has 0 atom stereocenters. The fourth-order valence-electron chi connectivity index (χ4n) is 1.64. The highest BCUT2D eigenvalue weighted by atomic mass is 35.5. The Kier molecular flexibility index (Phi) is 5.06. The van der Waals surface area contributed by atoms with Crippen molar-refractivity contribution >= 4 is 17.6 Å². The van der Waals surface area contributed by atoms with E-state index in [1.807, 2.05) is 0 Å². The standard InChI is InChI=1S/C14H19ClO4/c1-14(2,13(16)17)6-5-9-7-11(18-3)12(19-4)8-10(9)15/h7-8H,5-6H2,1-4H3,(H,16,17). The molecule has 0 heterocycles. The number of aryl methyl sites for hydroxylation is 1. The Hall–Kier alpha value is -1.42. The number of rotatable bonds is 6. The number of halogens is 1. The minimum atomic E-state index is -0.816. The molecule has 0 saturated carbocycles. The summed E-state index contributed by atoms with van der Waals surface area (Å²) in [7, 11) is 3.10. The Labute approximate surface area is 118 Å². The van der Waals surface area contributed by atoms with Gasteiger partial charge in [0.05, 0.1) is 19.6 Å². The number of hydrogen-bond donors (Lipinski definition) is 1. The van der Waals surface area contributed by atoms with Crippen LogP contribution in [0.15, 0.2) is 12.1 Å². The molecule has 0 amide bonds. The molecular weight excluding hydrogens is 268 g/mol. The zero-order chi connectivity index (χ0) is 14.6. The highest BCUT2D eigenvalue weighted by Gasteiger charge is 2.27. The lowest BCUT2D eigenvalue weighted by molar-refractivity contribution is -0.147. The second-order valence-corrected chi connectivity index (χ2v) is 5.39. The maximum Gasteiger partial charge on any atom is 0.309 e. The normalized spacial score (nSPS) is 11.2. The summed E-state index contributed by atoms with van der Waals surface area (Å²) < 4.78 is 10.4. The zero-order valence-corrected chi connectivity index (χ0v) is 12.4. The maximum absolute atomic E-state index is 11.1. The van der Waals surface area contributed by atoms with Crippen LogP contribution in [-0.4, -0.2) is 25.3 Å². The number of carboxylic acid groups (broad SMARTS) is 1. The van der Waals surface area contributed by atoms with Gasteiger partial charge in [-0.05, 0) is 38.3 Å². The van der Waals surface area contributed by atoms with Crippen LogP contribution in [-0.2, 0) is 11.2 Å². The summed E-state index contributed by atoms with van der Waals surface area (Å²) in [5.74, 6) is 0.341. The van der Waals surface area contributed by atoms with E-state index < -0.39 is 11.4 Å². The number of carboxylic acids is 1. The third kappa shape index (κ3) is 3.77. The van der Waals surface area contributed by atoms with Crippen LogP contribution < -0.4 is 9.47 Å². The number of benzene rings is 1. The Balaban J connectivity index is 2.93. The lowest BCUT2D eigenvalue weighted by Crippen LogP contribution is -2.24. The highest BCUT2D eigenvalue weighted by Crippen LogP contribution is 2.35. The van der Waals surface area contributed by atoms with Crippen molar-refractivity contribution in [3.63, 3.8) is 0 Å². The van der Waals surface area contributed by atoms with Gasteiger partial charge in [-0.2, -0.15) is 0 Å². The molecule has 0 aromatic heterocycles. The van der Waals surface area contributed by atoms with Gasteiger partial charge in [-0.3, -0.25) is 4.79 Å². The fraction of sp³-hybridized carbons (Fsp3) is 0.500. The first-order valence-corrected chi connectivity index (χ1v) is 6.33. The zero-order valence-electron chi connectivity index (χ0n) is 11.6. The number of carbonyl (C=O) groups is 1. The molecule has 4 nitrogen and oxygen atoms in total. The maximum atomic E-state index is 11.1. The SMILES string of the molecule is COc1cc(Cl)c(CCC(C)(C)C(=O)O)cc1OC. The van der Waals surface area contributed by atoms with Gasteiger partial charge in [0.1, 0.15) is 0 Å². The first-order valence-electron chi connectivity index (χ1n) is 5.95. The third-order valence-electron chi connectivity index (χ3n) is 3.15. The smallest absolute Gasteiger partial charge is 0.309 e. The largest absolute Gasteiger partial charge is 0.493 e. The molecule has 0 fully saturated rings. The quantitative estimate of drug-likeness (QED) is 0.871. The first kappa shape index (κ1) is 15.6. The van der Waals surface area contributed by atoms with Gasteiger partial charge in [0.2, 0.25) is 0 Å². The van der Waals surface area contributed by atoms with Crippen molar-refractivity contribution in [2.24, 2.45) is 5.41 Å². The molecule has 0 aliphatic carbocycles. The van der Waals surface area contributed by atoms with Crippen LogP contribution >= 0.6 is 11.6 Å². The van der Waals surface area contributed by atoms with E-state index in [2.05, 4.69) is 0 Å². The summed E-state index contributed by atoms with van der Waals surface area (Å²) in [4.78, 5) is 11.1. The van der Waals surface area contributed by atoms with Crippen molar-refractivity contribution in [3.8, 4) is 11.5 Å². The predicted octanol–water partition coefficient (Wildman–Crippen LogP) is 3.40. The van der Waals surface area contributed by atoms with Gasteiger partial charge in [-0.15, -0.1) is 0 Å². The van der Waals surface area contributed by atoms with E-state index in [1.165, 1.54) is 0 Å². The number of methoxy groups -OCH3 is 2. The molecule has 0 radical (unpaired) electrons. The molecule has 1 aromatic carbocycles. The summed E-state index contributed by atoms with van der Waals surface area (Å²) in [6.45, 7) is 3.40. The van der Waals surface area contributed by atoms with Crippen LogP contribution in [0, 0.1) is 5.41 Å². The molecule has 0 aliphatic heterocycles. The lowest BCUT2D eigenvalue weighted by atomic mass is 9.86. The molecule has 19 heavy (non-hydrogen) atoms. The molecular formula is C14H19ClO4. The van der Waals surface area contributed by atoms with Crippen LogP contribution in [0.3, 0.4) is 0 Å². The van der Waals surface area contributed by atoms with Crippen molar-refractivity contribution in [1.29, 1.82) is 0 Å². The second kappa shape index (κ2) is 6.15. The average molecular weight is 287 g/mol. The van der Waals surface area contributed by atoms with Gasteiger partial charge in [0.15, 0.2) is 11.5 Å². The van der Waals surface area contributed by atoms with Gasteiger partial charge in [-0.25, -0.2) is 0 Å². The lowest BCUT2D eigenvalue weighted by Gasteiger charge is -2.19. The van der Waals surface area contributed by atoms with Gasteiger partial charge in [0.25, 0.3) is 0 Å². The number of hydrogen-bond acceptors (Lipinski definition) is 3. The van der Waals surface area contributed by atoms with Crippen LogP contribution in [0.1, 0.15) is 25.8 Å². The van der Waals surface area contributed by atoms with E-state index >= 15 is 0 Å². The van der Waals surface area contributed by atoms with Crippen molar-refractivity contribution in [3.05, 3.63) is 22.7 Å². The summed E-state index contributed by atoms with van der Waals surface area (Å²) in [6, 6.07) is 3.47. The van der Waals surface area contributed by atoms with E-state index in [1.54, 1.807) is 40.2 Å². The Bertz CT molecular complexity index is 469. The Morgan fingerprint density at radius 1 is 1.26 bits per heavy atom. The van der Waals surface area contributed by atoms with Crippen molar-refractivity contribution < 1.29 is 19.4 Å². The van der Waals surface area contributed by atoms with Gasteiger partial charge >= 0.3 is 5.97 Å². The molecule has 106 valence electrons. The van der Waals surface area contributed by atoms with E-state index in [-0.39, 0.29) is 0 Å². The third-order valence-corrected chi connectivity index (χ3v) is 3.50. The minimum absolute atomic E-state index is 0.498. The minimum Gasteiger partial charge on any atom is -0.493 e. The van der Waals surface area contributed by atoms with Crippen molar-refractivity contribution in [2.45, 2.75) is 26.7 Å². The Morgan fingerprint density at radius 3 is 2.26 bits per heavy atom. The molecule has 5 heteroatoms. The molecule has 1 aromatic rings. The highest BCUT2D eigenvalue weighted by molar-refractivity contribution is 6.31. The van der Waals surface area contributed by atoms with E-state index in [9.17, 15) is 4.79 Å². The van der Waals surface area contributed by atoms with Crippen LogP contribution in [0.4, 0.5) is 0 Å². The molecule has 1 N–H and O–H groups in total. The van der Waals surface area contributed by atoms with Crippen molar-refractivity contribution in [2.75, 3.05) is 14.2 Å². The summed E-state index contributed by atoms with van der Waals surface area (Å²) in [6.07, 6.45) is 1.07. The number of ether oxygens (including phenoxy) is 2. The average Bonchev–Trinajstić information content (AvgIpc) is 2.36. The monoisotopic (exact) mass is 286 g/mol. The fourth-order valence-corrected chi connectivity index (χ4v) is 1.89. The van der Waals surface area contributed by atoms with E-state index in [0.717, 1.165) is 5.56 Å². The summed E-state index contributed by atoms with van der Waals surface area (Å²) >= 11 is 6.16. The van der Waals surface area contributed by atoms with Crippen molar-refractivity contribution in [1.82, 2.24) is 0 Å². The molecule has 0 spiro atoms. The molecule has 1 rings (SSSR count). The van der Waals surface area contributed by atoms with Gasteiger partial charge in [0, 0.05) is 11.1 Å². The summed E-state index contributed by atoms with van der Waals surface area (Å²) in [5.41, 5.74) is 0.0740. The topological polar surface area (TPSA) is 55.8 Å². The summed E-state index contributed by atoms with van der Waals surface area (Å²) in [5, 5.41) is 9.65. The second-order valence-electron chi connectivity index (χ2n) is 4.99.